The molecular formula is C22H14BrF2N3O2S. The molecule has 0 unspecified atom stereocenters. The summed E-state index contributed by atoms with van der Waals surface area (Å²) in [6.45, 7) is 0.510. The molecule has 0 radical (unpaired) electrons. The molecule has 0 aliphatic carbocycles. The Morgan fingerprint density at radius 1 is 1.16 bits per heavy atom. The SMILES string of the molecule is O=C(N[C@H]1CCOc2ccccc21)c1sc2c(-c3cc(F)cc(F)c3)ncnc2c1Br. The highest BCUT2D eigenvalue weighted by Crippen LogP contribution is 2.40. The molecule has 4 aromatic rings. The molecule has 1 aliphatic heterocycles. The highest BCUT2D eigenvalue weighted by Gasteiger charge is 2.26. The molecule has 9 heteroatoms. The number of para-hydroxylation sites is 1. The van der Waals surface area contributed by atoms with Crippen molar-refractivity contribution < 1.29 is 18.3 Å². The summed E-state index contributed by atoms with van der Waals surface area (Å²) in [6.07, 6.45) is 1.97. The Balaban J connectivity index is 1.53. The van der Waals surface area contributed by atoms with Gasteiger partial charge < -0.3 is 10.1 Å². The maximum Gasteiger partial charge on any atom is 0.263 e. The van der Waals surface area contributed by atoms with Gasteiger partial charge in [0.25, 0.3) is 5.91 Å². The van der Waals surface area contributed by atoms with Crippen molar-refractivity contribution >= 4 is 43.4 Å². The molecule has 2 aromatic carbocycles. The van der Waals surface area contributed by atoms with Crippen LogP contribution in [-0.4, -0.2) is 22.5 Å². The van der Waals surface area contributed by atoms with Crippen LogP contribution in [0.2, 0.25) is 0 Å². The molecule has 0 spiro atoms. The molecule has 5 nitrogen and oxygen atoms in total. The number of nitrogens with one attached hydrogen (secondary N) is 1. The summed E-state index contributed by atoms with van der Waals surface area (Å²) in [6, 6.07) is 10.6. The molecule has 0 bridgehead atoms. The van der Waals surface area contributed by atoms with Gasteiger partial charge in [-0.15, -0.1) is 11.3 Å². The maximum absolute atomic E-state index is 13.7. The van der Waals surface area contributed by atoms with Gasteiger partial charge in [-0.25, -0.2) is 18.7 Å². The molecule has 0 fully saturated rings. The second-order valence-corrected chi connectivity index (χ2v) is 8.82. The highest BCUT2D eigenvalue weighted by atomic mass is 79.9. The number of ether oxygens (including phenoxy) is 1. The van der Waals surface area contributed by atoms with E-state index in [4.69, 9.17) is 4.74 Å². The number of nitrogens with zero attached hydrogens (tertiary/aromatic N) is 2. The van der Waals surface area contributed by atoms with Gasteiger partial charge in [0.05, 0.1) is 27.5 Å². The fraction of sp³-hybridized carbons (Fsp3) is 0.136. The van der Waals surface area contributed by atoms with Gasteiger partial charge in [0.2, 0.25) is 0 Å². The first-order valence-corrected chi connectivity index (χ1v) is 11.0. The predicted molar refractivity (Wildman–Crippen MR) is 117 cm³/mol. The zero-order chi connectivity index (χ0) is 21.5. The Bertz CT molecular complexity index is 1310. The topological polar surface area (TPSA) is 64.1 Å². The molecule has 1 N–H and O–H groups in total. The van der Waals surface area contributed by atoms with Gasteiger partial charge in [0.15, 0.2) is 0 Å². The summed E-state index contributed by atoms with van der Waals surface area (Å²) in [5, 5.41) is 3.06. The molecular weight excluding hydrogens is 488 g/mol. The third kappa shape index (κ3) is 3.68. The second kappa shape index (κ2) is 7.97. The smallest absolute Gasteiger partial charge is 0.263 e. The van der Waals surface area contributed by atoms with E-state index in [0.717, 1.165) is 17.4 Å². The first kappa shape index (κ1) is 20.0. The number of rotatable bonds is 3. The van der Waals surface area contributed by atoms with Crippen LogP contribution in [0.4, 0.5) is 8.78 Å². The number of carbonyl (C=O) groups excluding carboxylic acids is 1. The fourth-order valence-electron chi connectivity index (χ4n) is 3.64. The lowest BCUT2D eigenvalue weighted by Crippen LogP contribution is -2.31. The van der Waals surface area contributed by atoms with Gasteiger partial charge in [-0.05, 0) is 34.1 Å². The van der Waals surface area contributed by atoms with E-state index in [2.05, 4.69) is 31.2 Å². The summed E-state index contributed by atoms with van der Waals surface area (Å²) < 4.78 is 34.2. The van der Waals surface area contributed by atoms with E-state index in [1.165, 1.54) is 29.8 Å². The van der Waals surface area contributed by atoms with Crippen molar-refractivity contribution in [3.8, 4) is 17.0 Å². The molecule has 0 saturated carbocycles. The Morgan fingerprint density at radius 2 is 1.94 bits per heavy atom. The second-order valence-electron chi connectivity index (χ2n) is 7.00. The lowest BCUT2D eigenvalue weighted by Gasteiger charge is -2.26. The number of aromatic nitrogens is 2. The number of hydrogen-bond acceptors (Lipinski definition) is 5. The molecule has 1 amide bonds. The van der Waals surface area contributed by atoms with Gasteiger partial charge in [-0.2, -0.15) is 0 Å². The summed E-state index contributed by atoms with van der Waals surface area (Å²) >= 11 is 4.65. The standard InChI is InChI=1S/C22H14BrF2N3O2S/c23-17-19-21(18(26-10-27-19)11-7-12(24)9-13(25)8-11)31-20(17)22(29)28-15-5-6-30-16-4-2-1-3-14(15)16/h1-4,7-10,15H,5-6H2,(H,28,29)/t15-/m0/s1. The zero-order valence-electron chi connectivity index (χ0n) is 15.9. The van der Waals surface area contributed by atoms with E-state index in [0.29, 0.717) is 38.3 Å². The third-order valence-electron chi connectivity index (χ3n) is 5.02. The average Bonchev–Trinajstić information content (AvgIpc) is 3.10. The van der Waals surface area contributed by atoms with Crippen LogP contribution < -0.4 is 10.1 Å². The van der Waals surface area contributed by atoms with Crippen molar-refractivity contribution in [2.24, 2.45) is 0 Å². The minimum Gasteiger partial charge on any atom is -0.493 e. The summed E-state index contributed by atoms with van der Waals surface area (Å²) in [5.74, 6) is -0.911. The molecule has 31 heavy (non-hydrogen) atoms. The molecule has 0 saturated heterocycles. The lowest BCUT2D eigenvalue weighted by atomic mass is 10.0. The Morgan fingerprint density at radius 3 is 2.74 bits per heavy atom. The molecule has 156 valence electrons. The lowest BCUT2D eigenvalue weighted by molar-refractivity contribution is 0.0928. The van der Waals surface area contributed by atoms with Crippen LogP contribution in [-0.2, 0) is 0 Å². The average molecular weight is 502 g/mol. The van der Waals surface area contributed by atoms with Crippen molar-refractivity contribution in [3.63, 3.8) is 0 Å². The number of fused-ring (bicyclic) bond motifs is 2. The van der Waals surface area contributed by atoms with Crippen molar-refractivity contribution in [1.82, 2.24) is 15.3 Å². The predicted octanol–water partition coefficient (Wildman–Crippen LogP) is 5.65. The van der Waals surface area contributed by atoms with E-state index in [1.54, 1.807) is 0 Å². The van der Waals surface area contributed by atoms with Crippen LogP contribution in [0.25, 0.3) is 21.5 Å². The first-order chi connectivity index (χ1) is 15.0. The van der Waals surface area contributed by atoms with Crippen molar-refractivity contribution in [1.29, 1.82) is 0 Å². The summed E-state index contributed by atoms with van der Waals surface area (Å²) in [7, 11) is 0. The quantitative estimate of drug-likeness (QED) is 0.393. The van der Waals surface area contributed by atoms with Gasteiger partial charge in [0.1, 0.15) is 34.1 Å². The largest absolute Gasteiger partial charge is 0.493 e. The van der Waals surface area contributed by atoms with Gasteiger partial charge in [-0.1, -0.05) is 18.2 Å². The Kier molecular flexibility index (Phi) is 5.15. The monoisotopic (exact) mass is 501 g/mol. The molecule has 2 aromatic heterocycles. The molecule has 1 atom stereocenters. The van der Waals surface area contributed by atoms with Crippen LogP contribution in [0.1, 0.15) is 27.7 Å². The van der Waals surface area contributed by atoms with E-state index in [9.17, 15) is 13.6 Å². The summed E-state index contributed by atoms with van der Waals surface area (Å²) in [5.41, 5.74) is 2.08. The minimum atomic E-state index is -0.700. The number of benzene rings is 2. The van der Waals surface area contributed by atoms with E-state index >= 15 is 0 Å². The number of halogens is 3. The molecule has 5 rings (SSSR count). The molecule has 1 aliphatic rings. The van der Waals surface area contributed by atoms with Crippen LogP contribution in [0.3, 0.4) is 0 Å². The number of thiophene rings is 1. The van der Waals surface area contributed by atoms with Crippen molar-refractivity contribution in [3.05, 3.63) is 75.3 Å². The zero-order valence-corrected chi connectivity index (χ0v) is 18.3. The Hall–Kier alpha value is -2.91. The maximum atomic E-state index is 13.7. The van der Waals surface area contributed by atoms with E-state index in [-0.39, 0.29) is 17.5 Å². The fourth-order valence-corrected chi connectivity index (χ4v) is 5.55. The molecule has 3 heterocycles. The van der Waals surface area contributed by atoms with Crippen molar-refractivity contribution in [2.45, 2.75) is 12.5 Å². The van der Waals surface area contributed by atoms with Gasteiger partial charge in [-0.3, -0.25) is 4.79 Å². The van der Waals surface area contributed by atoms with Crippen LogP contribution in [0, 0.1) is 11.6 Å². The van der Waals surface area contributed by atoms with Crippen molar-refractivity contribution in [2.75, 3.05) is 6.61 Å². The third-order valence-corrected chi connectivity index (χ3v) is 7.24. The van der Waals surface area contributed by atoms with E-state index in [1.807, 2.05) is 24.3 Å². The summed E-state index contributed by atoms with van der Waals surface area (Å²) in [4.78, 5) is 22.0. The van der Waals surface area contributed by atoms with Gasteiger partial charge >= 0.3 is 0 Å². The Labute approximate surface area is 188 Å². The van der Waals surface area contributed by atoms with Crippen LogP contribution >= 0.6 is 27.3 Å². The first-order valence-electron chi connectivity index (χ1n) is 9.43. The van der Waals surface area contributed by atoms with Gasteiger partial charge in [0, 0.05) is 23.6 Å². The highest BCUT2D eigenvalue weighted by molar-refractivity contribution is 9.10. The number of carbonyl (C=O) groups is 1. The minimum absolute atomic E-state index is 0.183. The van der Waals surface area contributed by atoms with Crippen LogP contribution in [0.5, 0.6) is 5.75 Å². The number of hydrogen-bond donors (Lipinski definition) is 1. The number of amides is 1. The normalized spacial score (nSPS) is 15.4. The van der Waals surface area contributed by atoms with E-state index < -0.39 is 11.6 Å². The van der Waals surface area contributed by atoms with Crippen LogP contribution in [0.15, 0.2) is 53.3 Å².